The van der Waals surface area contributed by atoms with E-state index in [2.05, 4.69) is 5.32 Å². The summed E-state index contributed by atoms with van der Waals surface area (Å²) in [4.78, 5) is 14.0. The van der Waals surface area contributed by atoms with Gasteiger partial charge in [0.25, 0.3) is 0 Å². The summed E-state index contributed by atoms with van der Waals surface area (Å²) in [7, 11) is -2.72. The van der Waals surface area contributed by atoms with Crippen LogP contribution in [0.25, 0.3) is 0 Å². The van der Waals surface area contributed by atoms with Crippen molar-refractivity contribution in [2.24, 2.45) is 0 Å². The summed E-state index contributed by atoms with van der Waals surface area (Å²) in [5.74, 6) is -0.257. The van der Waals surface area contributed by atoms with Gasteiger partial charge in [0.2, 0.25) is 15.9 Å². The molecule has 0 heterocycles. The molecule has 0 bridgehead atoms. The van der Waals surface area contributed by atoms with E-state index in [1.165, 1.54) is 19.2 Å². The van der Waals surface area contributed by atoms with Crippen molar-refractivity contribution < 1.29 is 17.9 Å². The van der Waals surface area contributed by atoms with Crippen LogP contribution in [-0.4, -0.2) is 38.5 Å². The standard InChI is InChI=1S/C25H27ClN2O4S2/c1-18(20-9-12-22(33-3)13-10-20)27-25(29)17-28(16-19-7-5-4-6-8-19)34(30,31)24-15-21(26)11-14-23(24)32-2/h4-15,18H,16-17H2,1-3H3,(H,27,29)/t18-/m0/s1. The first kappa shape index (κ1) is 26.1. The van der Waals surface area contributed by atoms with E-state index in [0.717, 1.165) is 20.3 Å². The second kappa shape index (κ2) is 11.8. The Morgan fingerprint density at radius 1 is 1.09 bits per heavy atom. The molecule has 0 radical (unpaired) electrons. The quantitative estimate of drug-likeness (QED) is 0.376. The number of hydrogen-bond donors (Lipinski definition) is 1. The molecule has 0 fully saturated rings. The Morgan fingerprint density at radius 3 is 2.38 bits per heavy atom. The molecule has 0 aromatic heterocycles. The first-order valence-corrected chi connectivity index (χ1v) is 13.6. The molecule has 1 N–H and O–H groups in total. The number of methoxy groups -OCH3 is 1. The van der Waals surface area contributed by atoms with Gasteiger partial charge in [-0.1, -0.05) is 54.1 Å². The highest BCUT2D eigenvalue weighted by Gasteiger charge is 2.30. The van der Waals surface area contributed by atoms with Gasteiger partial charge in [-0.05, 0) is 54.6 Å². The van der Waals surface area contributed by atoms with Crippen molar-refractivity contribution >= 4 is 39.3 Å². The molecule has 0 unspecified atom stereocenters. The lowest BCUT2D eigenvalue weighted by Crippen LogP contribution is -2.41. The lowest BCUT2D eigenvalue weighted by Gasteiger charge is -2.24. The van der Waals surface area contributed by atoms with Crippen LogP contribution in [0.3, 0.4) is 0 Å². The highest BCUT2D eigenvalue weighted by molar-refractivity contribution is 7.98. The van der Waals surface area contributed by atoms with Crippen molar-refractivity contribution in [3.05, 3.63) is 88.9 Å². The average Bonchev–Trinajstić information content (AvgIpc) is 2.84. The fraction of sp³-hybridized carbons (Fsp3) is 0.240. The van der Waals surface area contributed by atoms with Crippen molar-refractivity contribution in [1.29, 1.82) is 0 Å². The fourth-order valence-corrected chi connectivity index (χ4v) is 5.64. The van der Waals surface area contributed by atoms with Crippen LogP contribution in [0.4, 0.5) is 0 Å². The maximum Gasteiger partial charge on any atom is 0.247 e. The third-order valence-electron chi connectivity index (χ3n) is 5.26. The molecular weight excluding hydrogens is 492 g/mol. The van der Waals surface area contributed by atoms with Crippen molar-refractivity contribution in [1.82, 2.24) is 9.62 Å². The zero-order valence-corrected chi connectivity index (χ0v) is 21.6. The summed E-state index contributed by atoms with van der Waals surface area (Å²) in [5.41, 5.74) is 1.68. The van der Waals surface area contributed by atoms with Crippen LogP contribution in [0, 0.1) is 0 Å². The van der Waals surface area contributed by atoms with Gasteiger partial charge in [0.05, 0.1) is 19.7 Å². The van der Waals surface area contributed by atoms with Gasteiger partial charge in [-0.2, -0.15) is 4.31 Å². The van der Waals surface area contributed by atoms with Crippen molar-refractivity contribution in [3.8, 4) is 5.75 Å². The Labute approximate surface area is 210 Å². The average molecular weight is 519 g/mol. The van der Waals surface area contributed by atoms with Gasteiger partial charge in [-0.3, -0.25) is 4.79 Å². The maximum atomic E-state index is 13.6. The lowest BCUT2D eigenvalue weighted by atomic mass is 10.1. The number of nitrogens with one attached hydrogen (secondary N) is 1. The second-order valence-corrected chi connectivity index (χ2v) is 10.8. The fourth-order valence-electron chi connectivity index (χ4n) is 3.43. The van der Waals surface area contributed by atoms with Gasteiger partial charge < -0.3 is 10.1 Å². The van der Waals surface area contributed by atoms with Crippen molar-refractivity contribution in [3.63, 3.8) is 0 Å². The van der Waals surface area contributed by atoms with E-state index in [9.17, 15) is 13.2 Å². The van der Waals surface area contributed by atoms with Gasteiger partial charge in [0, 0.05) is 16.5 Å². The zero-order valence-electron chi connectivity index (χ0n) is 19.2. The summed E-state index contributed by atoms with van der Waals surface area (Å²) in [6.07, 6.45) is 2.00. The summed E-state index contributed by atoms with van der Waals surface area (Å²) >= 11 is 7.73. The molecule has 3 aromatic rings. The van der Waals surface area contributed by atoms with E-state index in [0.29, 0.717) is 0 Å². The molecule has 6 nitrogen and oxygen atoms in total. The molecule has 180 valence electrons. The molecule has 0 aliphatic rings. The number of rotatable bonds is 10. The molecule has 34 heavy (non-hydrogen) atoms. The van der Waals surface area contributed by atoms with Crippen LogP contribution in [0.5, 0.6) is 5.75 Å². The molecule has 1 amide bonds. The maximum absolute atomic E-state index is 13.6. The number of ether oxygens (including phenoxy) is 1. The molecule has 0 spiro atoms. The molecule has 0 aliphatic carbocycles. The van der Waals surface area contributed by atoms with Gasteiger partial charge in [-0.15, -0.1) is 11.8 Å². The van der Waals surface area contributed by atoms with Gasteiger partial charge in [0.15, 0.2) is 0 Å². The molecule has 3 rings (SSSR count). The van der Waals surface area contributed by atoms with Crippen LogP contribution in [0.15, 0.2) is 82.6 Å². The summed E-state index contributed by atoms with van der Waals surface area (Å²) in [6.45, 7) is 1.52. The Bertz CT molecular complexity index is 1220. The second-order valence-electron chi connectivity index (χ2n) is 7.62. The molecule has 0 aliphatic heterocycles. The Kier molecular flexibility index (Phi) is 9.02. The minimum Gasteiger partial charge on any atom is -0.495 e. The Balaban J connectivity index is 1.87. The number of thioether (sulfide) groups is 1. The van der Waals surface area contributed by atoms with Gasteiger partial charge in [0.1, 0.15) is 10.6 Å². The van der Waals surface area contributed by atoms with Gasteiger partial charge in [-0.25, -0.2) is 8.42 Å². The monoisotopic (exact) mass is 518 g/mol. The first-order chi connectivity index (χ1) is 16.2. The van der Waals surface area contributed by atoms with Crippen LogP contribution in [0.1, 0.15) is 24.1 Å². The number of hydrogen-bond acceptors (Lipinski definition) is 5. The molecule has 3 aromatic carbocycles. The van der Waals surface area contributed by atoms with Crippen LogP contribution in [0.2, 0.25) is 5.02 Å². The predicted molar refractivity (Wildman–Crippen MR) is 137 cm³/mol. The molecule has 9 heteroatoms. The van der Waals surface area contributed by atoms with E-state index < -0.39 is 15.9 Å². The highest BCUT2D eigenvalue weighted by Crippen LogP contribution is 2.30. The molecule has 0 saturated carbocycles. The van der Waals surface area contributed by atoms with E-state index in [1.54, 1.807) is 17.8 Å². The van der Waals surface area contributed by atoms with Crippen LogP contribution in [-0.2, 0) is 21.4 Å². The first-order valence-electron chi connectivity index (χ1n) is 10.6. The Hall–Kier alpha value is -2.52. The van der Waals surface area contributed by atoms with Crippen LogP contribution >= 0.6 is 23.4 Å². The zero-order chi connectivity index (χ0) is 24.7. The van der Waals surface area contributed by atoms with E-state index in [1.807, 2.05) is 67.8 Å². The number of sulfonamides is 1. The molecule has 0 saturated heterocycles. The third kappa shape index (κ3) is 6.54. The number of nitrogens with zero attached hydrogens (tertiary/aromatic N) is 1. The topological polar surface area (TPSA) is 75.7 Å². The number of carbonyl (C=O) groups excluding carboxylic acids is 1. The van der Waals surface area contributed by atoms with Crippen molar-refractivity contribution in [2.75, 3.05) is 19.9 Å². The predicted octanol–water partition coefficient (Wildman–Crippen LogP) is 5.14. The summed E-state index contributed by atoms with van der Waals surface area (Å²) < 4.78 is 33.7. The normalized spacial score (nSPS) is 12.4. The number of benzene rings is 3. The van der Waals surface area contributed by atoms with E-state index in [4.69, 9.17) is 16.3 Å². The smallest absolute Gasteiger partial charge is 0.247 e. The Morgan fingerprint density at radius 2 is 1.76 bits per heavy atom. The lowest BCUT2D eigenvalue weighted by molar-refractivity contribution is -0.122. The van der Waals surface area contributed by atoms with E-state index in [-0.39, 0.29) is 34.8 Å². The summed E-state index contributed by atoms with van der Waals surface area (Å²) in [5, 5.41) is 3.16. The largest absolute Gasteiger partial charge is 0.495 e. The number of carbonyl (C=O) groups is 1. The van der Waals surface area contributed by atoms with Crippen molar-refractivity contribution in [2.45, 2.75) is 29.3 Å². The number of amides is 1. The van der Waals surface area contributed by atoms with E-state index >= 15 is 0 Å². The minimum absolute atomic E-state index is 0.0169. The summed E-state index contributed by atoms with van der Waals surface area (Å²) in [6, 6.07) is 21.1. The third-order valence-corrected chi connectivity index (χ3v) is 8.05. The molecule has 1 atom stereocenters. The van der Waals surface area contributed by atoms with Gasteiger partial charge >= 0.3 is 0 Å². The SMILES string of the molecule is COc1ccc(Cl)cc1S(=O)(=O)N(CC(=O)N[C@@H](C)c1ccc(SC)cc1)Cc1ccccc1. The van der Waals surface area contributed by atoms with Crippen LogP contribution < -0.4 is 10.1 Å². The molecular formula is C25H27ClN2O4S2. The minimum atomic E-state index is -4.11. The highest BCUT2D eigenvalue weighted by atomic mass is 35.5. The number of halogens is 1.